The second kappa shape index (κ2) is 6.06. The van der Waals surface area contributed by atoms with Gasteiger partial charge in [0, 0.05) is 0 Å². The van der Waals surface area contributed by atoms with Crippen molar-refractivity contribution >= 4 is 0 Å². The quantitative estimate of drug-likeness (QED) is 0.918. The fourth-order valence-electron chi connectivity index (χ4n) is 2.35. The van der Waals surface area contributed by atoms with E-state index in [1.807, 2.05) is 13.8 Å². The van der Waals surface area contributed by atoms with Crippen molar-refractivity contribution in [2.24, 2.45) is 0 Å². The van der Waals surface area contributed by atoms with Crippen molar-refractivity contribution in [1.82, 2.24) is 0 Å². The Labute approximate surface area is 118 Å². The molecule has 0 unspecified atom stereocenters. The monoisotopic (exact) mass is 274 g/mol. The predicted octanol–water partition coefficient (Wildman–Crippen LogP) is 3.82. The highest BCUT2D eigenvalue weighted by atomic mass is 19.1. The highest BCUT2D eigenvalue weighted by molar-refractivity contribution is 5.37. The largest absolute Gasteiger partial charge is 0.486 e. The number of benzene rings is 2. The van der Waals surface area contributed by atoms with E-state index in [0.717, 1.165) is 16.7 Å². The van der Waals surface area contributed by atoms with E-state index in [4.69, 9.17) is 9.84 Å². The zero-order valence-electron chi connectivity index (χ0n) is 12.0. The Kier molecular flexibility index (Phi) is 4.40. The molecule has 2 aromatic carbocycles. The smallest absolute Gasteiger partial charge is 0.165 e. The normalized spacial score (nSPS) is 10.7. The maximum Gasteiger partial charge on any atom is 0.165 e. The fourth-order valence-corrected chi connectivity index (χ4v) is 2.35. The van der Waals surface area contributed by atoms with E-state index in [2.05, 4.69) is 19.1 Å². The summed E-state index contributed by atoms with van der Waals surface area (Å²) in [5.41, 5.74) is 5.13. The van der Waals surface area contributed by atoms with Gasteiger partial charge >= 0.3 is 0 Å². The molecule has 0 saturated heterocycles. The molecule has 106 valence electrons. The molecule has 0 saturated carbocycles. The number of aliphatic hydroxyl groups is 1. The highest BCUT2D eigenvalue weighted by Crippen LogP contribution is 2.22. The Bertz CT molecular complexity index is 597. The van der Waals surface area contributed by atoms with Crippen LogP contribution in [0.2, 0.25) is 0 Å². The third kappa shape index (κ3) is 3.17. The summed E-state index contributed by atoms with van der Waals surface area (Å²) in [5.74, 6) is -0.236. The first kappa shape index (κ1) is 14.5. The molecule has 0 bridgehead atoms. The van der Waals surface area contributed by atoms with Crippen molar-refractivity contribution in [3.63, 3.8) is 0 Å². The third-order valence-electron chi connectivity index (χ3n) is 3.39. The lowest BCUT2D eigenvalue weighted by Gasteiger charge is -2.13. The van der Waals surface area contributed by atoms with Crippen molar-refractivity contribution in [3.05, 3.63) is 64.0 Å². The van der Waals surface area contributed by atoms with Crippen molar-refractivity contribution in [1.29, 1.82) is 0 Å². The Morgan fingerprint density at radius 3 is 2.25 bits per heavy atom. The number of hydrogen-bond donors (Lipinski definition) is 1. The highest BCUT2D eigenvalue weighted by Gasteiger charge is 2.08. The van der Waals surface area contributed by atoms with Crippen LogP contribution < -0.4 is 4.74 Å². The molecule has 2 aromatic rings. The maximum atomic E-state index is 13.8. The molecule has 0 heterocycles. The Morgan fingerprint density at radius 2 is 1.70 bits per heavy atom. The standard InChI is InChI=1S/C17H19FO2/c1-11-6-12(2)15(13(3)7-11)10-20-17-5-4-14(9-19)8-16(17)18/h4-8,19H,9-10H2,1-3H3. The van der Waals surface area contributed by atoms with Gasteiger partial charge in [0.1, 0.15) is 6.61 Å². The molecular weight excluding hydrogens is 255 g/mol. The summed E-state index contributed by atoms with van der Waals surface area (Å²) in [5, 5.41) is 8.95. The van der Waals surface area contributed by atoms with Crippen molar-refractivity contribution < 1.29 is 14.2 Å². The van der Waals surface area contributed by atoms with E-state index in [-0.39, 0.29) is 12.4 Å². The van der Waals surface area contributed by atoms with Crippen LogP contribution in [0, 0.1) is 26.6 Å². The summed E-state index contributed by atoms with van der Waals surface area (Å²) in [6, 6.07) is 8.70. The first-order valence-electron chi connectivity index (χ1n) is 6.60. The zero-order chi connectivity index (χ0) is 14.7. The number of hydrogen-bond acceptors (Lipinski definition) is 2. The molecular formula is C17H19FO2. The lowest BCUT2D eigenvalue weighted by molar-refractivity contribution is 0.276. The minimum absolute atomic E-state index is 0.173. The summed E-state index contributed by atoms with van der Waals surface area (Å²) < 4.78 is 19.3. The maximum absolute atomic E-state index is 13.8. The van der Waals surface area contributed by atoms with E-state index < -0.39 is 5.82 Å². The average molecular weight is 274 g/mol. The van der Waals surface area contributed by atoms with Crippen LogP contribution >= 0.6 is 0 Å². The van der Waals surface area contributed by atoms with Crippen molar-refractivity contribution in [2.45, 2.75) is 34.0 Å². The first-order chi connectivity index (χ1) is 9.51. The molecule has 2 rings (SSSR count). The first-order valence-corrected chi connectivity index (χ1v) is 6.60. The Hall–Kier alpha value is -1.87. The summed E-state index contributed by atoms with van der Waals surface area (Å²) in [7, 11) is 0. The van der Waals surface area contributed by atoms with Crippen LogP contribution in [-0.4, -0.2) is 5.11 Å². The molecule has 20 heavy (non-hydrogen) atoms. The molecule has 0 radical (unpaired) electrons. The minimum atomic E-state index is -0.445. The molecule has 3 heteroatoms. The van der Waals surface area contributed by atoms with E-state index in [0.29, 0.717) is 12.2 Å². The number of rotatable bonds is 4. The lowest BCUT2D eigenvalue weighted by atomic mass is 10.0. The van der Waals surface area contributed by atoms with Crippen LogP contribution in [0.15, 0.2) is 30.3 Å². The SMILES string of the molecule is Cc1cc(C)c(COc2ccc(CO)cc2F)c(C)c1. The average Bonchev–Trinajstić information content (AvgIpc) is 2.39. The van der Waals surface area contributed by atoms with Crippen LogP contribution in [0.4, 0.5) is 4.39 Å². The molecule has 0 aliphatic carbocycles. The van der Waals surface area contributed by atoms with E-state index in [1.165, 1.54) is 11.6 Å². The van der Waals surface area contributed by atoms with Gasteiger partial charge in [-0.05, 0) is 55.2 Å². The summed E-state index contributed by atoms with van der Waals surface area (Å²) in [6.07, 6.45) is 0. The van der Waals surface area contributed by atoms with E-state index in [1.54, 1.807) is 12.1 Å². The van der Waals surface area contributed by atoms with E-state index in [9.17, 15) is 4.39 Å². The fraction of sp³-hybridized carbons (Fsp3) is 0.294. The van der Waals surface area contributed by atoms with Gasteiger partial charge in [-0.1, -0.05) is 23.8 Å². The van der Waals surface area contributed by atoms with E-state index >= 15 is 0 Å². The molecule has 0 amide bonds. The number of halogens is 1. The molecule has 1 N–H and O–H groups in total. The van der Waals surface area contributed by atoms with Crippen molar-refractivity contribution in [2.75, 3.05) is 0 Å². The molecule has 0 aliphatic heterocycles. The van der Waals surface area contributed by atoms with Gasteiger partial charge < -0.3 is 9.84 Å². The van der Waals surface area contributed by atoms with Crippen LogP contribution in [0.1, 0.15) is 27.8 Å². The van der Waals surface area contributed by atoms with Crippen LogP contribution in [-0.2, 0) is 13.2 Å². The van der Waals surface area contributed by atoms with Gasteiger partial charge in [0.2, 0.25) is 0 Å². The second-order valence-corrected chi connectivity index (χ2v) is 5.09. The van der Waals surface area contributed by atoms with Gasteiger partial charge in [-0.2, -0.15) is 0 Å². The summed E-state index contributed by atoms with van der Waals surface area (Å²) in [4.78, 5) is 0. The third-order valence-corrected chi connectivity index (χ3v) is 3.39. The molecule has 0 spiro atoms. The van der Waals surface area contributed by atoms with Gasteiger partial charge in [-0.15, -0.1) is 0 Å². The minimum Gasteiger partial charge on any atom is -0.486 e. The van der Waals surface area contributed by atoms with Gasteiger partial charge in [-0.3, -0.25) is 0 Å². The number of ether oxygens (including phenoxy) is 1. The Balaban J connectivity index is 2.17. The molecule has 0 aliphatic rings. The summed E-state index contributed by atoms with van der Waals surface area (Å²) in [6.45, 7) is 6.28. The van der Waals surface area contributed by atoms with Gasteiger partial charge in [0.15, 0.2) is 11.6 Å². The molecule has 0 fully saturated rings. The van der Waals surface area contributed by atoms with Gasteiger partial charge in [0.05, 0.1) is 6.61 Å². The lowest BCUT2D eigenvalue weighted by Crippen LogP contribution is -2.03. The van der Waals surface area contributed by atoms with Gasteiger partial charge in [-0.25, -0.2) is 4.39 Å². The van der Waals surface area contributed by atoms with Crippen molar-refractivity contribution in [3.8, 4) is 5.75 Å². The van der Waals surface area contributed by atoms with Crippen LogP contribution in [0.25, 0.3) is 0 Å². The van der Waals surface area contributed by atoms with Crippen LogP contribution in [0.3, 0.4) is 0 Å². The second-order valence-electron chi connectivity index (χ2n) is 5.09. The number of aliphatic hydroxyl groups excluding tert-OH is 1. The molecule has 0 atom stereocenters. The Morgan fingerprint density at radius 1 is 1.05 bits per heavy atom. The predicted molar refractivity (Wildman–Crippen MR) is 77.3 cm³/mol. The topological polar surface area (TPSA) is 29.5 Å². The van der Waals surface area contributed by atoms with Gasteiger partial charge in [0.25, 0.3) is 0 Å². The number of aryl methyl sites for hydroxylation is 3. The zero-order valence-corrected chi connectivity index (χ0v) is 12.0. The summed E-state index contributed by atoms with van der Waals surface area (Å²) >= 11 is 0. The molecule has 0 aromatic heterocycles. The molecule has 2 nitrogen and oxygen atoms in total. The van der Waals surface area contributed by atoms with Crippen LogP contribution in [0.5, 0.6) is 5.75 Å².